The molecule has 118 valence electrons. The van der Waals surface area contributed by atoms with Gasteiger partial charge in [-0.1, -0.05) is 5.16 Å². The van der Waals surface area contributed by atoms with Gasteiger partial charge < -0.3 is 9.42 Å². The predicted octanol–water partition coefficient (Wildman–Crippen LogP) is 0.0606. The van der Waals surface area contributed by atoms with Crippen LogP contribution in [0.4, 0.5) is 0 Å². The van der Waals surface area contributed by atoms with Gasteiger partial charge in [0.05, 0.1) is 6.54 Å². The summed E-state index contributed by atoms with van der Waals surface area (Å²) < 4.78 is 6.69. The molecule has 0 aliphatic carbocycles. The second-order valence-corrected chi connectivity index (χ2v) is 5.46. The molecule has 0 radical (unpaired) electrons. The van der Waals surface area contributed by atoms with Crippen LogP contribution in [0.3, 0.4) is 0 Å². The maximum atomic E-state index is 11.6. The predicted molar refractivity (Wildman–Crippen MR) is 80.2 cm³/mol. The van der Waals surface area contributed by atoms with Crippen molar-refractivity contribution in [3.05, 3.63) is 28.4 Å². The number of rotatable bonds is 4. The van der Waals surface area contributed by atoms with Crippen molar-refractivity contribution in [1.29, 1.82) is 0 Å². The molecular formula is C14H20N6O2. The summed E-state index contributed by atoms with van der Waals surface area (Å²) in [5.74, 6) is 1.00. The topological polar surface area (TPSA) is 80.3 Å². The van der Waals surface area contributed by atoms with Crippen LogP contribution in [-0.2, 0) is 13.1 Å². The molecule has 1 fully saturated rings. The first-order valence-electron chi connectivity index (χ1n) is 7.47. The number of hydrogen-bond donors (Lipinski definition) is 0. The summed E-state index contributed by atoms with van der Waals surface area (Å²) in [6.07, 6.45) is 0. The quantitative estimate of drug-likeness (QED) is 0.790. The van der Waals surface area contributed by atoms with Crippen molar-refractivity contribution < 1.29 is 4.52 Å². The van der Waals surface area contributed by atoms with Gasteiger partial charge in [-0.3, -0.25) is 9.69 Å². The Morgan fingerprint density at radius 2 is 2.00 bits per heavy atom. The third-order valence-electron chi connectivity index (χ3n) is 3.82. The van der Waals surface area contributed by atoms with Gasteiger partial charge in [0.25, 0.3) is 5.56 Å². The minimum absolute atomic E-state index is 0.132. The molecule has 22 heavy (non-hydrogen) atoms. The van der Waals surface area contributed by atoms with E-state index >= 15 is 0 Å². The van der Waals surface area contributed by atoms with E-state index in [0.29, 0.717) is 30.5 Å². The molecule has 0 bridgehead atoms. The highest BCUT2D eigenvalue weighted by Crippen LogP contribution is 2.13. The summed E-state index contributed by atoms with van der Waals surface area (Å²) in [6, 6.07) is 3.10. The molecule has 2 aromatic rings. The van der Waals surface area contributed by atoms with E-state index in [2.05, 4.69) is 32.1 Å². The third kappa shape index (κ3) is 3.23. The maximum absolute atomic E-state index is 11.6. The van der Waals surface area contributed by atoms with Crippen LogP contribution in [-0.4, -0.2) is 62.9 Å². The van der Waals surface area contributed by atoms with E-state index in [4.69, 9.17) is 4.52 Å². The fraction of sp³-hybridized carbons (Fsp3) is 0.571. The number of piperazine rings is 1. The molecule has 0 N–H and O–H groups in total. The van der Waals surface area contributed by atoms with E-state index in [1.54, 1.807) is 6.07 Å². The summed E-state index contributed by atoms with van der Waals surface area (Å²) in [7, 11) is 2.12. The molecule has 1 saturated heterocycles. The minimum Gasteiger partial charge on any atom is -0.337 e. The molecule has 8 heteroatoms. The standard InChI is InChI=1S/C14H20N6O2/c1-3-20-13(21)5-4-11(16-20)14-15-12(22-17-14)10-19-8-6-18(2)7-9-19/h4-5H,3,6-10H2,1-2H3. The van der Waals surface area contributed by atoms with Crippen molar-refractivity contribution in [2.75, 3.05) is 33.2 Å². The summed E-state index contributed by atoms with van der Waals surface area (Å²) in [5, 5.41) is 8.20. The fourth-order valence-electron chi connectivity index (χ4n) is 2.42. The Hall–Kier alpha value is -2.06. The summed E-state index contributed by atoms with van der Waals surface area (Å²) >= 11 is 0. The van der Waals surface area contributed by atoms with E-state index < -0.39 is 0 Å². The van der Waals surface area contributed by atoms with Crippen molar-refractivity contribution in [3.63, 3.8) is 0 Å². The lowest BCUT2D eigenvalue weighted by molar-refractivity contribution is 0.135. The van der Waals surface area contributed by atoms with Crippen molar-refractivity contribution in [1.82, 2.24) is 29.7 Å². The van der Waals surface area contributed by atoms with Gasteiger partial charge in [-0.25, -0.2) is 4.68 Å². The zero-order valence-electron chi connectivity index (χ0n) is 12.9. The Morgan fingerprint density at radius 1 is 1.23 bits per heavy atom. The molecule has 3 heterocycles. The summed E-state index contributed by atoms with van der Waals surface area (Å²) in [6.45, 7) is 7.11. The van der Waals surface area contributed by atoms with Gasteiger partial charge in [-0.05, 0) is 20.0 Å². The number of nitrogens with zero attached hydrogens (tertiary/aromatic N) is 6. The normalized spacial score (nSPS) is 17.0. The zero-order chi connectivity index (χ0) is 15.5. The monoisotopic (exact) mass is 304 g/mol. The second-order valence-electron chi connectivity index (χ2n) is 5.46. The number of likely N-dealkylation sites (N-methyl/N-ethyl adjacent to an activating group) is 1. The van der Waals surface area contributed by atoms with Crippen LogP contribution in [0, 0.1) is 0 Å². The van der Waals surface area contributed by atoms with Crippen LogP contribution >= 0.6 is 0 Å². The van der Waals surface area contributed by atoms with Crippen molar-refractivity contribution >= 4 is 0 Å². The zero-order valence-corrected chi connectivity index (χ0v) is 12.9. The molecule has 0 saturated carbocycles. The largest absolute Gasteiger partial charge is 0.337 e. The van der Waals surface area contributed by atoms with Gasteiger partial charge in [0.15, 0.2) is 0 Å². The lowest BCUT2D eigenvalue weighted by atomic mass is 10.3. The van der Waals surface area contributed by atoms with Crippen LogP contribution in [0.1, 0.15) is 12.8 Å². The first kappa shape index (κ1) is 14.9. The number of aryl methyl sites for hydroxylation is 1. The number of hydrogen-bond acceptors (Lipinski definition) is 7. The molecule has 0 atom stereocenters. The first-order chi connectivity index (χ1) is 10.7. The maximum Gasteiger partial charge on any atom is 0.266 e. The summed E-state index contributed by atoms with van der Waals surface area (Å²) in [4.78, 5) is 20.5. The van der Waals surface area contributed by atoms with E-state index in [-0.39, 0.29) is 5.56 Å². The van der Waals surface area contributed by atoms with Gasteiger partial charge in [0.1, 0.15) is 5.69 Å². The lowest BCUT2D eigenvalue weighted by Crippen LogP contribution is -2.43. The Kier molecular flexibility index (Phi) is 4.30. The van der Waals surface area contributed by atoms with Crippen LogP contribution in [0.15, 0.2) is 21.5 Å². The molecule has 0 aromatic carbocycles. The molecule has 0 unspecified atom stereocenters. The molecule has 8 nitrogen and oxygen atoms in total. The fourth-order valence-corrected chi connectivity index (χ4v) is 2.42. The Morgan fingerprint density at radius 3 is 2.73 bits per heavy atom. The van der Waals surface area contributed by atoms with Crippen LogP contribution < -0.4 is 5.56 Å². The van der Waals surface area contributed by atoms with Gasteiger partial charge in [0.2, 0.25) is 11.7 Å². The molecule has 2 aromatic heterocycles. The second kappa shape index (κ2) is 6.37. The summed E-state index contributed by atoms with van der Waals surface area (Å²) in [5.41, 5.74) is 0.419. The van der Waals surface area contributed by atoms with Gasteiger partial charge in [-0.2, -0.15) is 10.1 Å². The highest BCUT2D eigenvalue weighted by molar-refractivity contribution is 5.46. The van der Waals surface area contributed by atoms with Gasteiger partial charge in [-0.15, -0.1) is 0 Å². The average Bonchev–Trinajstić information content (AvgIpc) is 2.98. The van der Waals surface area contributed by atoms with Crippen LogP contribution in [0.25, 0.3) is 11.5 Å². The molecule has 0 spiro atoms. The Labute approximate surface area is 128 Å². The van der Waals surface area contributed by atoms with Gasteiger partial charge in [0, 0.05) is 38.8 Å². The number of aromatic nitrogens is 4. The Balaban J connectivity index is 1.72. The van der Waals surface area contributed by atoms with E-state index in [0.717, 1.165) is 26.2 Å². The molecule has 3 rings (SSSR count). The van der Waals surface area contributed by atoms with Crippen LogP contribution in [0.5, 0.6) is 0 Å². The van der Waals surface area contributed by atoms with Crippen LogP contribution in [0.2, 0.25) is 0 Å². The average molecular weight is 304 g/mol. The minimum atomic E-state index is -0.132. The first-order valence-corrected chi connectivity index (χ1v) is 7.47. The molecule has 1 aliphatic heterocycles. The van der Waals surface area contributed by atoms with Gasteiger partial charge >= 0.3 is 0 Å². The van der Waals surface area contributed by atoms with E-state index in [1.807, 2.05) is 6.92 Å². The molecular weight excluding hydrogens is 284 g/mol. The SMILES string of the molecule is CCn1nc(-c2noc(CN3CCN(C)CC3)n2)ccc1=O. The lowest BCUT2D eigenvalue weighted by Gasteiger charge is -2.31. The van der Waals surface area contributed by atoms with E-state index in [9.17, 15) is 4.79 Å². The molecule has 0 amide bonds. The smallest absolute Gasteiger partial charge is 0.266 e. The molecule has 1 aliphatic rings. The van der Waals surface area contributed by atoms with E-state index in [1.165, 1.54) is 10.7 Å². The third-order valence-corrected chi connectivity index (χ3v) is 3.82. The highest BCUT2D eigenvalue weighted by Gasteiger charge is 2.18. The van der Waals surface area contributed by atoms with Crippen molar-refractivity contribution in [2.45, 2.75) is 20.0 Å². The Bertz CT molecular complexity index is 687. The van der Waals surface area contributed by atoms with Crippen molar-refractivity contribution in [3.8, 4) is 11.5 Å². The highest BCUT2D eigenvalue weighted by atomic mass is 16.5. The van der Waals surface area contributed by atoms with Crippen molar-refractivity contribution in [2.24, 2.45) is 0 Å².